The summed E-state index contributed by atoms with van der Waals surface area (Å²) in [5.74, 6) is -1.07. The number of hydrogen-bond donors (Lipinski definition) is 2. The van der Waals surface area contributed by atoms with Gasteiger partial charge in [0.15, 0.2) is 0 Å². The predicted molar refractivity (Wildman–Crippen MR) is 59.2 cm³/mol. The lowest BCUT2D eigenvalue weighted by Crippen LogP contribution is -2.48. The first kappa shape index (κ1) is 14.8. The summed E-state index contributed by atoms with van der Waals surface area (Å²) < 4.78 is 31.0. The summed E-state index contributed by atoms with van der Waals surface area (Å²) >= 11 is 0. The zero-order valence-corrected chi connectivity index (χ0v) is 10.8. The molecule has 1 heterocycles. The average molecular weight is 281 g/mol. The fraction of sp³-hybridized carbons (Fsp3) is 0.750. The number of hydrogen-bond acceptors (Lipinski definition) is 6. The van der Waals surface area contributed by atoms with E-state index >= 15 is 0 Å². The molecule has 0 aromatic rings. The van der Waals surface area contributed by atoms with Gasteiger partial charge in [0.25, 0.3) is 16.1 Å². The van der Waals surface area contributed by atoms with Crippen LogP contribution in [0.2, 0.25) is 0 Å². The van der Waals surface area contributed by atoms with Gasteiger partial charge in [-0.05, 0) is 0 Å². The Labute approximate surface area is 105 Å². The molecule has 0 aromatic carbocycles. The van der Waals surface area contributed by atoms with Crippen molar-refractivity contribution in [3.63, 3.8) is 0 Å². The van der Waals surface area contributed by atoms with Crippen molar-refractivity contribution < 1.29 is 27.6 Å². The molecule has 104 valence electrons. The van der Waals surface area contributed by atoms with Crippen LogP contribution >= 0.6 is 0 Å². The van der Waals surface area contributed by atoms with Crippen molar-refractivity contribution >= 4 is 22.1 Å². The Morgan fingerprint density at radius 1 is 1.67 bits per heavy atom. The molecule has 0 aliphatic carbocycles. The number of rotatable bonds is 6. The van der Waals surface area contributed by atoms with E-state index in [1.165, 1.54) is 14.2 Å². The van der Waals surface area contributed by atoms with Crippen LogP contribution in [0.4, 0.5) is 0 Å². The van der Waals surface area contributed by atoms with E-state index in [0.29, 0.717) is 0 Å². The largest absolute Gasteiger partial charge is 0.469 e. The van der Waals surface area contributed by atoms with E-state index in [2.05, 4.69) is 14.3 Å². The number of esters is 1. The fourth-order valence-corrected chi connectivity index (χ4v) is 2.22. The van der Waals surface area contributed by atoms with Gasteiger partial charge in [-0.15, -0.1) is 0 Å². The van der Waals surface area contributed by atoms with E-state index in [9.17, 15) is 18.0 Å². The van der Waals surface area contributed by atoms with E-state index in [1.807, 2.05) is 5.48 Å². The van der Waals surface area contributed by atoms with E-state index in [4.69, 9.17) is 0 Å². The van der Waals surface area contributed by atoms with Crippen LogP contribution in [0.15, 0.2) is 0 Å². The van der Waals surface area contributed by atoms with Gasteiger partial charge in [-0.3, -0.25) is 14.4 Å². The van der Waals surface area contributed by atoms with Crippen molar-refractivity contribution in [3.8, 4) is 0 Å². The highest BCUT2D eigenvalue weighted by Crippen LogP contribution is 2.02. The lowest BCUT2D eigenvalue weighted by molar-refractivity contribution is -0.140. The molecule has 0 spiro atoms. The van der Waals surface area contributed by atoms with E-state index in [0.717, 1.165) is 4.31 Å². The maximum atomic E-state index is 11.8. The summed E-state index contributed by atoms with van der Waals surface area (Å²) in [6.45, 7) is -0.125. The molecule has 18 heavy (non-hydrogen) atoms. The first-order chi connectivity index (χ1) is 8.36. The van der Waals surface area contributed by atoms with Crippen LogP contribution in [0.1, 0.15) is 6.42 Å². The predicted octanol–water partition coefficient (Wildman–Crippen LogP) is -2.25. The molecule has 1 atom stereocenters. The molecular weight excluding hydrogens is 266 g/mol. The van der Waals surface area contributed by atoms with Crippen LogP contribution in [-0.4, -0.2) is 58.0 Å². The normalized spacial score (nSPS) is 19.9. The molecule has 0 bridgehead atoms. The molecule has 1 fully saturated rings. The molecular formula is C8H15N3O6S. The van der Waals surface area contributed by atoms with Crippen LogP contribution in [0.25, 0.3) is 0 Å². The molecule has 1 amide bonds. The van der Waals surface area contributed by atoms with Gasteiger partial charge in [0, 0.05) is 13.6 Å². The average Bonchev–Trinajstić information content (AvgIpc) is 2.70. The van der Waals surface area contributed by atoms with Crippen molar-refractivity contribution in [2.75, 3.05) is 27.3 Å². The third-order valence-electron chi connectivity index (χ3n) is 2.30. The van der Waals surface area contributed by atoms with Gasteiger partial charge in [-0.2, -0.15) is 17.4 Å². The molecule has 0 radical (unpaired) electrons. The van der Waals surface area contributed by atoms with Crippen LogP contribution in [-0.2, 0) is 29.4 Å². The minimum absolute atomic E-state index is 0.0444. The van der Waals surface area contributed by atoms with Gasteiger partial charge in [-0.1, -0.05) is 0 Å². The maximum absolute atomic E-state index is 11.8. The molecule has 0 unspecified atom stereocenters. The Morgan fingerprint density at radius 2 is 2.33 bits per heavy atom. The molecule has 1 saturated heterocycles. The molecule has 0 saturated carbocycles. The smallest absolute Gasteiger partial charge is 0.306 e. The van der Waals surface area contributed by atoms with Gasteiger partial charge >= 0.3 is 5.97 Å². The van der Waals surface area contributed by atoms with Gasteiger partial charge in [0.1, 0.15) is 12.6 Å². The summed E-state index contributed by atoms with van der Waals surface area (Å²) in [4.78, 5) is 26.6. The van der Waals surface area contributed by atoms with Crippen molar-refractivity contribution in [1.82, 2.24) is 14.5 Å². The van der Waals surface area contributed by atoms with Crippen LogP contribution in [0, 0.1) is 0 Å². The first-order valence-corrected chi connectivity index (χ1v) is 6.53. The number of carbonyl (C=O) groups excluding carboxylic acids is 2. The summed E-state index contributed by atoms with van der Waals surface area (Å²) in [6, 6.07) is -0.962. The summed E-state index contributed by atoms with van der Waals surface area (Å²) in [6.07, 6.45) is -0.0682. The third kappa shape index (κ3) is 3.91. The zero-order valence-electron chi connectivity index (χ0n) is 10.0. The Kier molecular flexibility index (Phi) is 5.02. The number of ether oxygens (including phenoxy) is 1. The van der Waals surface area contributed by atoms with E-state index < -0.39 is 28.1 Å². The minimum atomic E-state index is -3.85. The highest BCUT2D eigenvalue weighted by Gasteiger charge is 2.31. The second-order valence-electron chi connectivity index (χ2n) is 3.60. The van der Waals surface area contributed by atoms with Crippen LogP contribution in [0.5, 0.6) is 0 Å². The standard InChI is InChI=1S/C8H15N3O6S/c1-11(4-3-7(12)16-2)18(14,15)10-6-5-17-9-8(6)13/h6,10H,3-5H2,1-2H3,(H,9,13)/t6-/m1/s1. The molecule has 10 heteroatoms. The lowest BCUT2D eigenvalue weighted by atomic mass is 10.3. The van der Waals surface area contributed by atoms with Gasteiger partial charge in [-0.25, -0.2) is 5.48 Å². The van der Waals surface area contributed by atoms with Crippen molar-refractivity contribution in [2.24, 2.45) is 0 Å². The van der Waals surface area contributed by atoms with Gasteiger partial charge in [0.2, 0.25) is 0 Å². The number of carbonyl (C=O) groups is 2. The summed E-state index contributed by atoms with van der Waals surface area (Å²) in [7, 11) is -1.34. The zero-order chi connectivity index (χ0) is 13.8. The Hall–Kier alpha value is -1.23. The number of nitrogens with one attached hydrogen (secondary N) is 2. The SMILES string of the molecule is COC(=O)CCN(C)S(=O)(=O)N[C@@H]1CONC1=O. The topological polar surface area (TPSA) is 114 Å². The van der Waals surface area contributed by atoms with Crippen molar-refractivity contribution in [2.45, 2.75) is 12.5 Å². The highest BCUT2D eigenvalue weighted by molar-refractivity contribution is 7.87. The number of amides is 1. The second-order valence-corrected chi connectivity index (χ2v) is 5.41. The molecule has 1 aliphatic rings. The number of hydroxylamine groups is 1. The molecule has 0 aromatic heterocycles. The summed E-state index contributed by atoms with van der Waals surface area (Å²) in [5, 5.41) is 0. The molecule has 9 nitrogen and oxygen atoms in total. The monoisotopic (exact) mass is 281 g/mol. The Morgan fingerprint density at radius 3 is 2.83 bits per heavy atom. The lowest BCUT2D eigenvalue weighted by Gasteiger charge is -2.18. The quantitative estimate of drug-likeness (QED) is 0.531. The molecule has 1 aliphatic heterocycles. The minimum Gasteiger partial charge on any atom is -0.469 e. The summed E-state index contributed by atoms with van der Waals surface area (Å²) in [5.41, 5.74) is 2.03. The highest BCUT2D eigenvalue weighted by atomic mass is 32.2. The van der Waals surface area contributed by atoms with Gasteiger partial charge < -0.3 is 4.74 Å². The van der Waals surface area contributed by atoms with E-state index in [1.54, 1.807) is 0 Å². The fourth-order valence-electron chi connectivity index (χ4n) is 1.17. The molecule has 2 N–H and O–H groups in total. The second kappa shape index (κ2) is 6.09. The van der Waals surface area contributed by atoms with Crippen molar-refractivity contribution in [1.29, 1.82) is 0 Å². The van der Waals surface area contributed by atoms with Gasteiger partial charge in [0.05, 0.1) is 13.5 Å². The van der Waals surface area contributed by atoms with Crippen LogP contribution < -0.4 is 10.2 Å². The van der Waals surface area contributed by atoms with E-state index in [-0.39, 0.29) is 19.6 Å². The number of nitrogens with zero attached hydrogens (tertiary/aromatic N) is 1. The Balaban J connectivity index is 2.51. The maximum Gasteiger partial charge on any atom is 0.306 e. The molecule has 1 rings (SSSR count). The van der Waals surface area contributed by atoms with Crippen LogP contribution in [0.3, 0.4) is 0 Å². The number of methoxy groups -OCH3 is 1. The Bertz CT molecular complexity index is 423. The van der Waals surface area contributed by atoms with Crippen molar-refractivity contribution in [3.05, 3.63) is 0 Å². The first-order valence-electron chi connectivity index (χ1n) is 5.09. The third-order valence-corrected chi connectivity index (χ3v) is 3.88.